The van der Waals surface area contributed by atoms with Crippen LogP contribution < -0.4 is 5.32 Å². The number of rotatable bonds is 6. The van der Waals surface area contributed by atoms with Crippen molar-refractivity contribution in [3.8, 4) is 0 Å². The second-order valence-electron chi connectivity index (χ2n) is 7.11. The van der Waals surface area contributed by atoms with E-state index in [9.17, 15) is 0 Å². The average molecular weight is 301 g/mol. The summed E-state index contributed by atoms with van der Waals surface area (Å²) in [6.07, 6.45) is 2.26. The van der Waals surface area contributed by atoms with Gasteiger partial charge in [0.25, 0.3) is 0 Å². The fraction of sp³-hybridized carbons (Fsp3) is 0.579. The van der Waals surface area contributed by atoms with Gasteiger partial charge in [0, 0.05) is 44.8 Å². The van der Waals surface area contributed by atoms with Crippen LogP contribution in [0.3, 0.4) is 0 Å². The molecular weight excluding hydrogens is 270 g/mol. The average Bonchev–Trinajstić information content (AvgIpc) is 2.48. The highest BCUT2D eigenvalue weighted by molar-refractivity contribution is 5.52. The van der Waals surface area contributed by atoms with Crippen molar-refractivity contribution in [3.63, 3.8) is 0 Å². The highest BCUT2D eigenvalue weighted by atomic mass is 15.3. The lowest BCUT2D eigenvalue weighted by molar-refractivity contribution is 0.0625. The zero-order chi connectivity index (χ0) is 16.0. The summed E-state index contributed by atoms with van der Waals surface area (Å²) in [5.41, 5.74) is 2.87. The van der Waals surface area contributed by atoms with Crippen LogP contribution in [-0.4, -0.2) is 61.7 Å². The van der Waals surface area contributed by atoms with Crippen molar-refractivity contribution in [1.29, 1.82) is 0 Å². The first-order chi connectivity index (χ1) is 10.5. The second-order valence-corrected chi connectivity index (χ2v) is 7.11. The molecule has 1 N–H and O–H groups in total. The first kappa shape index (κ1) is 17.2. The highest BCUT2D eigenvalue weighted by Gasteiger charge is 2.28. The van der Waals surface area contributed by atoms with Crippen molar-refractivity contribution in [3.05, 3.63) is 41.5 Å². The molecule has 0 atom stereocenters. The molecule has 1 aromatic rings. The molecule has 0 amide bonds. The quantitative estimate of drug-likeness (QED) is 0.871. The maximum Gasteiger partial charge on any atom is 0.0278 e. The topological polar surface area (TPSA) is 18.5 Å². The summed E-state index contributed by atoms with van der Waals surface area (Å²) in [7, 11) is 2.21. The van der Waals surface area contributed by atoms with Crippen LogP contribution in [0.4, 0.5) is 0 Å². The predicted octanol–water partition coefficient (Wildman–Crippen LogP) is 2.71. The maximum atomic E-state index is 3.63. The Hall–Kier alpha value is -1.16. The third-order valence-electron chi connectivity index (χ3n) is 4.53. The van der Waals surface area contributed by atoms with Crippen molar-refractivity contribution in [1.82, 2.24) is 15.1 Å². The van der Waals surface area contributed by atoms with Gasteiger partial charge in [0.2, 0.25) is 0 Å². The Labute approximate surface area is 136 Å². The third-order valence-corrected chi connectivity index (χ3v) is 4.53. The Morgan fingerprint density at radius 2 is 1.77 bits per heavy atom. The van der Waals surface area contributed by atoms with E-state index in [1.54, 1.807) is 0 Å². The predicted molar refractivity (Wildman–Crippen MR) is 96.1 cm³/mol. The molecule has 1 aliphatic rings. The maximum absolute atomic E-state index is 3.63. The highest BCUT2D eigenvalue weighted by Crippen LogP contribution is 2.16. The number of hydrogen-bond acceptors (Lipinski definition) is 3. The lowest BCUT2D eigenvalue weighted by Gasteiger charge is -2.43. The molecule has 0 bridgehead atoms. The van der Waals surface area contributed by atoms with E-state index in [0.717, 1.165) is 13.1 Å². The summed E-state index contributed by atoms with van der Waals surface area (Å²) in [6.45, 7) is 13.6. The van der Waals surface area contributed by atoms with Crippen LogP contribution in [0.5, 0.6) is 0 Å². The molecule has 2 rings (SSSR count). The first-order valence-corrected chi connectivity index (χ1v) is 8.34. The van der Waals surface area contributed by atoms with Crippen molar-refractivity contribution in [2.45, 2.75) is 26.3 Å². The smallest absolute Gasteiger partial charge is 0.0278 e. The number of benzene rings is 1. The monoisotopic (exact) mass is 301 g/mol. The lowest BCUT2D eigenvalue weighted by Crippen LogP contribution is -2.57. The van der Waals surface area contributed by atoms with Crippen LogP contribution in [0, 0.1) is 0 Å². The van der Waals surface area contributed by atoms with Gasteiger partial charge in [-0.1, -0.05) is 42.0 Å². The minimum absolute atomic E-state index is 0.217. The molecule has 3 heteroatoms. The molecule has 0 saturated carbocycles. The number of hydrogen-bond donors (Lipinski definition) is 1. The van der Waals surface area contributed by atoms with E-state index in [4.69, 9.17) is 0 Å². The van der Waals surface area contributed by atoms with Gasteiger partial charge < -0.3 is 10.2 Å². The van der Waals surface area contributed by atoms with Gasteiger partial charge in [0.05, 0.1) is 0 Å². The molecule has 0 unspecified atom stereocenters. The van der Waals surface area contributed by atoms with Crippen LogP contribution in [0.1, 0.15) is 26.3 Å². The molecule has 1 heterocycles. The zero-order valence-electron chi connectivity index (χ0n) is 14.6. The van der Waals surface area contributed by atoms with Crippen molar-refractivity contribution in [2.75, 3.05) is 46.3 Å². The number of piperazine rings is 1. The van der Waals surface area contributed by atoms with Gasteiger partial charge in [0.1, 0.15) is 0 Å². The summed E-state index contributed by atoms with van der Waals surface area (Å²) >= 11 is 0. The molecule has 0 spiro atoms. The van der Waals surface area contributed by atoms with Crippen molar-refractivity contribution >= 4 is 6.08 Å². The van der Waals surface area contributed by atoms with E-state index >= 15 is 0 Å². The molecule has 0 aliphatic carbocycles. The van der Waals surface area contributed by atoms with Gasteiger partial charge in [-0.2, -0.15) is 0 Å². The standard InChI is InChI=1S/C19H31N3/c1-17(14-18-8-6-5-7-9-18)15-20-16-19(2,3)22-12-10-21(4)11-13-22/h5-9,14,20H,10-13,15-16H2,1-4H3/b17-14+. The summed E-state index contributed by atoms with van der Waals surface area (Å²) in [6, 6.07) is 10.5. The minimum Gasteiger partial charge on any atom is -0.311 e. The minimum atomic E-state index is 0.217. The summed E-state index contributed by atoms with van der Waals surface area (Å²) < 4.78 is 0. The third kappa shape index (κ3) is 5.24. The van der Waals surface area contributed by atoms with Gasteiger partial charge in [0.15, 0.2) is 0 Å². The number of nitrogens with one attached hydrogen (secondary N) is 1. The Morgan fingerprint density at radius 1 is 1.14 bits per heavy atom. The normalized spacial score (nSPS) is 18.6. The van der Waals surface area contributed by atoms with Crippen LogP contribution in [0.2, 0.25) is 0 Å². The lowest BCUT2D eigenvalue weighted by atomic mass is 10.0. The van der Waals surface area contributed by atoms with E-state index in [1.165, 1.54) is 37.3 Å². The molecule has 1 fully saturated rings. The van der Waals surface area contributed by atoms with E-state index in [1.807, 2.05) is 0 Å². The Morgan fingerprint density at radius 3 is 2.41 bits per heavy atom. The van der Waals surface area contributed by atoms with Crippen LogP contribution in [-0.2, 0) is 0 Å². The molecule has 0 radical (unpaired) electrons. The van der Waals surface area contributed by atoms with Crippen LogP contribution in [0.25, 0.3) is 6.08 Å². The Kier molecular flexibility index (Phi) is 6.18. The second kappa shape index (κ2) is 7.91. The van der Waals surface area contributed by atoms with Crippen molar-refractivity contribution in [2.24, 2.45) is 0 Å². The van der Waals surface area contributed by atoms with Gasteiger partial charge >= 0.3 is 0 Å². The van der Waals surface area contributed by atoms with E-state index < -0.39 is 0 Å². The molecule has 0 aromatic heterocycles. The summed E-state index contributed by atoms with van der Waals surface area (Å²) in [4.78, 5) is 5.02. The molecule has 3 nitrogen and oxygen atoms in total. The van der Waals surface area contributed by atoms with Crippen LogP contribution in [0.15, 0.2) is 35.9 Å². The largest absolute Gasteiger partial charge is 0.311 e. The summed E-state index contributed by atoms with van der Waals surface area (Å²) in [5, 5.41) is 3.63. The van der Waals surface area contributed by atoms with Crippen LogP contribution >= 0.6 is 0 Å². The molecule has 1 aromatic carbocycles. The Balaban J connectivity index is 1.78. The van der Waals surface area contributed by atoms with E-state index in [0.29, 0.717) is 0 Å². The van der Waals surface area contributed by atoms with Gasteiger partial charge in [-0.15, -0.1) is 0 Å². The van der Waals surface area contributed by atoms with Gasteiger partial charge in [-0.3, -0.25) is 4.90 Å². The molecule has 22 heavy (non-hydrogen) atoms. The van der Waals surface area contributed by atoms with Gasteiger partial charge in [-0.05, 0) is 33.4 Å². The molecule has 1 saturated heterocycles. The molecule has 122 valence electrons. The number of nitrogens with zero attached hydrogens (tertiary/aromatic N) is 2. The van der Waals surface area contributed by atoms with Gasteiger partial charge in [-0.25, -0.2) is 0 Å². The zero-order valence-corrected chi connectivity index (χ0v) is 14.6. The number of likely N-dealkylation sites (N-methyl/N-ethyl adjacent to an activating group) is 1. The van der Waals surface area contributed by atoms with Crippen molar-refractivity contribution < 1.29 is 0 Å². The molecular formula is C19H31N3. The SMILES string of the molecule is C/C(=C\c1ccccc1)CNCC(C)(C)N1CCN(C)CC1. The van der Waals surface area contributed by atoms with E-state index in [2.05, 4.69) is 79.3 Å². The molecule has 1 aliphatic heterocycles. The first-order valence-electron chi connectivity index (χ1n) is 8.34. The summed E-state index contributed by atoms with van der Waals surface area (Å²) in [5.74, 6) is 0. The van der Waals surface area contributed by atoms with E-state index in [-0.39, 0.29) is 5.54 Å². The Bertz CT molecular complexity index is 471. The fourth-order valence-corrected chi connectivity index (χ4v) is 2.97. The fourth-order valence-electron chi connectivity index (χ4n) is 2.97.